The van der Waals surface area contributed by atoms with Crippen LogP contribution in [0.15, 0.2) is 82.0 Å². The molecule has 0 radical (unpaired) electrons. The zero-order valence-corrected chi connectivity index (χ0v) is 16.0. The molecule has 2 atom stereocenters. The van der Waals surface area contributed by atoms with Crippen molar-refractivity contribution in [2.24, 2.45) is 0 Å². The Balaban J connectivity index is 1.65. The molecule has 0 spiro atoms. The minimum Gasteiger partial charge on any atom is -0.508 e. The molecule has 154 valence electrons. The van der Waals surface area contributed by atoms with Gasteiger partial charge < -0.3 is 19.6 Å². The summed E-state index contributed by atoms with van der Waals surface area (Å²) in [5.41, 5.74) is 0.512. The maximum absolute atomic E-state index is 14.1. The van der Waals surface area contributed by atoms with Crippen molar-refractivity contribution in [3.8, 4) is 11.5 Å². The SMILES string of the molecule is O=C(Nc1ccccc1F)[C@@H]1Oc2c(c(=O)oc3ccccc23)[C@H]1c1ccc(O)cc1. The summed E-state index contributed by atoms with van der Waals surface area (Å²) in [6, 6.07) is 18.8. The third-order valence-corrected chi connectivity index (χ3v) is 5.30. The summed E-state index contributed by atoms with van der Waals surface area (Å²) in [7, 11) is 0. The van der Waals surface area contributed by atoms with Gasteiger partial charge in [0, 0.05) is 0 Å². The highest BCUT2D eigenvalue weighted by Gasteiger charge is 2.44. The molecule has 0 fully saturated rings. The number of ether oxygens (including phenoxy) is 1. The number of halogens is 1. The number of amides is 1. The van der Waals surface area contributed by atoms with E-state index in [0.29, 0.717) is 16.5 Å². The number of hydrogen-bond acceptors (Lipinski definition) is 5. The van der Waals surface area contributed by atoms with Crippen molar-refractivity contribution < 1.29 is 23.4 Å². The minimum atomic E-state index is -1.15. The first-order valence-corrected chi connectivity index (χ1v) is 9.59. The van der Waals surface area contributed by atoms with E-state index in [1.807, 2.05) is 0 Å². The van der Waals surface area contributed by atoms with Crippen molar-refractivity contribution in [3.63, 3.8) is 0 Å². The molecule has 1 aromatic heterocycles. The molecule has 0 saturated carbocycles. The number of rotatable bonds is 3. The Hall–Kier alpha value is -4.13. The Bertz CT molecular complexity index is 1360. The molecule has 2 N–H and O–H groups in total. The summed E-state index contributed by atoms with van der Waals surface area (Å²) in [5.74, 6) is -1.69. The maximum Gasteiger partial charge on any atom is 0.344 e. The van der Waals surface area contributed by atoms with Crippen LogP contribution >= 0.6 is 0 Å². The van der Waals surface area contributed by atoms with E-state index in [-0.39, 0.29) is 22.7 Å². The number of anilines is 1. The average Bonchev–Trinajstić information content (AvgIpc) is 3.18. The number of carbonyl (C=O) groups excluding carboxylic acids is 1. The predicted molar refractivity (Wildman–Crippen MR) is 112 cm³/mol. The Labute approximate surface area is 175 Å². The van der Waals surface area contributed by atoms with Crippen molar-refractivity contribution in [2.75, 3.05) is 5.32 Å². The van der Waals surface area contributed by atoms with Gasteiger partial charge in [0.1, 0.15) is 22.9 Å². The summed E-state index contributed by atoms with van der Waals surface area (Å²) in [6.07, 6.45) is -1.15. The van der Waals surface area contributed by atoms with E-state index in [4.69, 9.17) is 9.15 Å². The molecular formula is C24H16FNO5. The second-order valence-corrected chi connectivity index (χ2v) is 7.21. The third kappa shape index (κ3) is 3.20. The molecule has 0 bridgehead atoms. The minimum absolute atomic E-state index is 0.00778. The zero-order chi connectivity index (χ0) is 21.5. The van der Waals surface area contributed by atoms with Gasteiger partial charge in [-0.1, -0.05) is 36.4 Å². The van der Waals surface area contributed by atoms with Crippen molar-refractivity contribution in [1.29, 1.82) is 0 Å². The summed E-state index contributed by atoms with van der Waals surface area (Å²) in [6.45, 7) is 0. The van der Waals surface area contributed by atoms with Crippen LogP contribution in [0.25, 0.3) is 11.0 Å². The van der Waals surface area contributed by atoms with Crippen LogP contribution in [-0.2, 0) is 4.79 Å². The van der Waals surface area contributed by atoms with Crippen molar-refractivity contribution in [1.82, 2.24) is 0 Å². The molecule has 31 heavy (non-hydrogen) atoms. The number of phenols is 1. The van der Waals surface area contributed by atoms with Crippen LogP contribution in [0.5, 0.6) is 11.5 Å². The van der Waals surface area contributed by atoms with Crippen LogP contribution in [0.3, 0.4) is 0 Å². The third-order valence-electron chi connectivity index (χ3n) is 5.30. The highest BCUT2D eigenvalue weighted by Crippen LogP contribution is 2.44. The van der Waals surface area contributed by atoms with E-state index < -0.39 is 29.4 Å². The summed E-state index contributed by atoms with van der Waals surface area (Å²) in [4.78, 5) is 26.0. The fraction of sp³-hybridized carbons (Fsp3) is 0.0833. The topological polar surface area (TPSA) is 88.8 Å². The quantitative estimate of drug-likeness (QED) is 0.489. The van der Waals surface area contributed by atoms with Crippen LogP contribution < -0.4 is 15.7 Å². The van der Waals surface area contributed by atoms with Gasteiger partial charge >= 0.3 is 5.63 Å². The molecule has 1 aliphatic heterocycles. The van der Waals surface area contributed by atoms with Crippen LogP contribution in [0.2, 0.25) is 0 Å². The van der Waals surface area contributed by atoms with Crippen molar-refractivity contribution in [2.45, 2.75) is 12.0 Å². The van der Waals surface area contributed by atoms with Crippen LogP contribution in [0.4, 0.5) is 10.1 Å². The number of para-hydroxylation sites is 2. The number of nitrogens with one attached hydrogen (secondary N) is 1. The molecule has 2 heterocycles. The van der Waals surface area contributed by atoms with Gasteiger partial charge in [0.25, 0.3) is 5.91 Å². The fourth-order valence-electron chi connectivity index (χ4n) is 3.87. The van der Waals surface area contributed by atoms with Gasteiger partial charge in [0.05, 0.1) is 22.6 Å². The van der Waals surface area contributed by atoms with Gasteiger partial charge in [0.2, 0.25) is 0 Å². The van der Waals surface area contributed by atoms with E-state index in [0.717, 1.165) is 0 Å². The molecule has 5 rings (SSSR count). The number of aromatic hydroxyl groups is 1. The van der Waals surface area contributed by atoms with E-state index >= 15 is 0 Å². The molecule has 0 unspecified atom stereocenters. The largest absolute Gasteiger partial charge is 0.508 e. The van der Waals surface area contributed by atoms with E-state index in [9.17, 15) is 19.1 Å². The van der Waals surface area contributed by atoms with Gasteiger partial charge in [-0.15, -0.1) is 0 Å². The first-order valence-electron chi connectivity index (χ1n) is 9.59. The Morgan fingerprint density at radius 2 is 1.68 bits per heavy atom. The first-order chi connectivity index (χ1) is 15.0. The van der Waals surface area contributed by atoms with Crippen molar-refractivity contribution >= 4 is 22.6 Å². The Kier molecular flexibility index (Phi) is 4.43. The van der Waals surface area contributed by atoms with Crippen LogP contribution in [-0.4, -0.2) is 17.1 Å². The van der Waals surface area contributed by atoms with Crippen LogP contribution in [0, 0.1) is 5.82 Å². The molecule has 6 nitrogen and oxygen atoms in total. The van der Waals surface area contributed by atoms with Crippen molar-refractivity contribution in [3.05, 3.63) is 100 Å². The first kappa shape index (κ1) is 18.9. The Morgan fingerprint density at radius 1 is 0.968 bits per heavy atom. The highest BCUT2D eigenvalue weighted by atomic mass is 19.1. The maximum atomic E-state index is 14.1. The highest BCUT2D eigenvalue weighted by molar-refractivity contribution is 5.97. The second-order valence-electron chi connectivity index (χ2n) is 7.21. The monoisotopic (exact) mass is 417 g/mol. The number of carbonyl (C=O) groups is 1. The van der Waals surface area contributed by atoms with Gasteiger partial charge in [-0.2, -0.15) is 0 Å². The van der Waals surface area contributed by atoms with Crippen LogP contribution in [0.1, 0.15) is 17.0 Å². The zero-order valence-electron chi connectivity index (χ0n) is 16.0. The Morgan fingerprint density at radius 3 is 2.45 bits per heavy atom. The lowest BCUT2D eigenvalue weighted by Gasteiger charge is -2.19. The molecule has 1 aliphatic rings. The van der Waals surface area contributed by atoms with E-state index in [1.165, 1.54) is 30.3 Å². The molecule has 0 saturated heterocycles. The normalized spacial score (nSPS) is 17.2. The summed E-state index contributed by atoms with van der Waals surface area (Å²) >= 11 is 0. The lowest BCUT2D eigenvalue weighted by molar-refractivity contribution is -0.122. The van der Waals surface area contributed by atoms with E-state index in [1.54, 1.807) is 42.5 Å². The smallest absolute Gasteiger partial charge is 0.344 e. The molecule has 0 aliphatic carbocycles. The predicted octanol–water partition coefficient (Wildman–Crippen LogP) is 4.17. The molecule has 4 aromatic rings. The van der Waals surface area contributed by atoms with Gasteiger partial charge in [0.15, 0.2) is 6.10 Å². The fourth-order valence-corrected chi connectivity index (χ4v) is 3.87. The number of fused-ring (bicyclic) bond motifs is 3. The molecule has 1 amide bonds. The number of benzene rings is 3. The molecule has 7 heteroatoms. The summed E-state index contributed by atoms with van der Waals surface area (Å²) in [5, 5.41) is 12.8. The summed E-state index contributed by atoms with van der Waals surface area (Å²) < 4.78 is 25.6. The lowest BCUT2D eigenvalue weighted by Crippen LogP contribution is -2.35. The second kappa shape index (κ2) is 7.28. The lowest BCUT2D eigenvalue weighted by atomic mass is 9.88. The molecule has 3 aromatic carbocycles. The van der Waals surface area contributed by atoms with E-state index in [2.05, 4.69) is 5.32 Å². The average molecular weight is 417 g/mol. The number of hydrogen-bond donors (Lipinski definition) is 2. The van der Waals surface area contributed by atoms with Gasteiger partial charge in [-0.3, -0.25) is 4.79 Å². The van der Waals surface area contributed by atoms with Gasteiger partial charge in [-0.05, 0) is 42.0 Å². The number of phenolic OH excluding ortho intramolecular Hbond substituents is 1. The standard InChI is InChI=1S/C24H16FNO5/c25-16-6-2-3-7-17(16)26-23(28)22-19(13-9-11-14(27)12-10-13)20-21(31-22)15-5-1-4-8-18(15)30-24(20)29/h1-12,19,22,27H,(H,26,28)/t19-,22-/m1/s1. The molecular weight excluding hydrogens is 401 g/mol. The van der Waals surface area contributed by atoms with Gasteiger partial charge in [-0.25, -0.2) is 9.18 Å².